The zero-order valence-electron chi connectivity index (χ0n) is 14.2. The van der Waals surface area contributed by atoms with Crippen molar-refractivity contribution in [2.75, 3.05) is 19.6 Å². The molecule has 0 spiro atoms. The number of benzene rings is 1. The molecule has 2 heterocycles. The van der Waals surface area contributed by atoms with Gasteiger partial charge in [0.05, 0.1) is 10.5 Å². The van der Waals surface area contributed by atoms with E-state index < -0.39 is 38.2 Å². The van der Waals surface area contributed by atoms with E-state index in [4.69, 9.17) is 0 Å². The van der Waals surface area contributed by atoms with Crippen molar-refractivity contribution in [2.24, 2.45) is 0 Å². The maximum absolute atomic E-state index is 13.1. The summed E-state index contributed by atoms with van der Waals surface area (Å²) >= 11 is 0. The Morgan fingerprint density at radius 3 is 2.32 bits per heavy atom. The second kappa shape index (κ2) is 7.11. The molecule has 8 nitrogen and oxygen atoms in total. The van der Waals surface area contributed by atoms with Gasteiger partial charge in [0.15, 0.2) is 5.82 Å². The number of carbonyl (C=O) groups is 1. The van der Waals surface area contributed by atoms with Crippen molar-refractivity contribution in [3.05, 3.63) is 54.1 Å². The van der Waals surface area contributed by atoms with Gasteiger partial charge in [0.2, 0.25) is 15.6 Å². The first-order chi connectivity index (χ1) is 13.1. The van der Waals surface area contributed by atoms with Crippen LogP contribution in [0.2, 0.25) is 0 Å². The molecule has 0 amide bonds. The fourth-order valence-electron chi connectivity index (χ4n) is 2.98. The number of aromatic nitrogens is 2. The molecule has 150 valence electrons. The van der Waals surface area contributed by atoms with Gasteiger partial charge in [-0.05, 0) is 30.3 Å². The number of carboxylic acids is 1. The number of carboxylic acid groups (broad SMARTS) is 1. The zero-order valence-corrected chi connectivity index (χ0v) is 15.0. The van der Waals surface area contributed by atoms with Gasteiger partial charge in [-0.15, -0.1) is 0 Å². The van der Waals surface area contributed by atoms with E-state index in [1.54, 1.807) is 0 Å². The Morgan fingerprint density at radius 2 is 1.79 bits per heavy atom. The quantitative estimate of drug-likeness (QED) is 0.767. The molecule has 2 aromatic rings. The zero-order chi connectivity index (χ0) is 20.6. The van der Waals surface area contributed by atoms with E-state index in [-0.39, 0.29) is 25.5 Å². The summed E-state index contributed by atoms with van der Waals surface area (Å²) in [7, 11) is -4.46. The summed E-state index contributed by atoms with van der Waals surface area (Å²) < 4.78 is 65.3. The van der Waals surface area contributed by atoms with Crippen LogP contribution in [0.3, 0.4) is 0 Å². The molecule has 0 radical (unpaired) electrons. The highest BCUT2D eigenvalue weighted by Gasteiger charge is 2.55. The third-order valence-electron chi connectivity index (χ3n) is 4.36. The van der Waals surface area contributed by atoms with Crippen LogP contribution >= 0.6 is 0 Å². The van der Waals surface area contributed by atoms with E-state index in [1.165, 1.54) is 18.5 Å². The maximum Gasteiger partial charge on any atom is 0.416 e. The summed E-state index contributed by atoms with van der Waals surface area (Å²) in [5, 5.41) is 12.7. The van der Waals surface area contributed by atoms with Crippen molar-refractivity contribution in [1.29, 1.82) is 0 Å². The minimum Gasteiger partial charge on any atom is -0.479 e. The Balaban J connectivity index is 2.11. The number of halogens is 3. The van der Waals surface area contributed by atoms with Crippen LogP contribution in [0, 0.1) is 0 Å². The van der Waals surface area contributed by atoms with Gasteiger partial charge in [-0.3, -0.25) is 0 Å². The molecule has 1 fully saturated rings. The van der Waals surface area contributed by atoms with Crippen LogP contribution in [0.15, 0.2) is 47.6 Å². The molecule has 1 aromatic heterocycles. The maximum atomic E-state index is 13.1. The fourth-order valence-corrected chi connectivity index (χ4v) is 4.68. The first-order valence-corrected chi connectivity index (χ1v) is 9.46. The number of sulfonamides is 1. The molecule has 1 aliphatic rings. The Bertz CT molecular complexity index is 968. The van der Waals surface area contributed by atoms with Gasteiger partial charge in [-0.2, -0.15) is 17.5 Å². The molecule has 1 saturated heterocycles. The molecule has 1 unspecified atom stereocenters. The first-order valence-electron chi connectivity index (χ1n) is 8.02. The van der Waals surface area contributed by atoms with Crippen LogP contribution in [0.25, 0.3) is 0 Å². The second-order valence-corrected chi connectivity index (χ2v) is 7.88. The predicted molar refractivity (Wildman–Crippen MR) is 89.6 cm³/mol. The fraction of sp³-hybridized carbons (Fsp3) is 0.312. The molecule has 0 bridgehead atoms. The lowest BCUT2D eigenvalue weighted by atomic mass is 9.96. The molecule has 12 heteroatoms. The molecule has 1 aromatic carbocycles. The third-order valence-corrected chi connectivity index (χ3v) is 6.30. The highest BCUT2D eigenvalue weighted by atomic mass is 32.2. The number of rotatable bonds is 4. The van der Waals surface area contributed by atoms with E-state index >= 15 is 0 Å². The largest absolute Gasteiger partial charge is 0.479 e. The molecule has 0 aliphatic carbocycles. The molecule has 28 heavy (non-hydrogen) atoms. The van der Waals surface area contributed by atoms with Crippen LogP contribution in [-0.2, 0) is 26.5 Å². The Labute approximate surface area is 158 Å². The van der Waals surface area contributed by atoms with Crippen LogP contribution < -0.4 is 5.32 Å². The molecule has 0 saturated carbocycles. The van der Waals surface area contributed by atoms with E-state index in [0.29, 0.717) is 12.1 Å². The Hall–Kier alpha value is -2.57. The molecule has 2 N–H and O–H groups in total. The first kappa shape index (κ1) is 20.2. The molecule has 3 rings (SSSR count). The monoisotopic (exact) mass is 416 g/mol. The van der Waals surface area contributed by atoms with Crippen LogP contribution in [0.4, 0.5) is 13.2 Å². The van der Waals surface area contributed by atoms with Crippen molar-refractivity contribution >= 4 is 16.0 Å². The van der Waals surface area contributed by atoms with Crippen molar-refractivity contribution in [3.8, 4) is 0 Å². The number of hydrogen-bond acceptors (Lipinski definition) is 6. The van der Waals surface area contributed by atoms with Crippen LogP contribution in [-0.4, -0.2) is 53.4 Å². The third kappa shape index (κ3) is 3.34. The summed E-state index contributed by atoms with van der Waals surface area (Å²) in [6, 6.07) is 4.33. The minimum absolute atomic E-state index is 0.154. The smallest absolute Gasteiger partial charge is 0.416 e. The lowest BCUT2D eigenvalue weighted by Crippen LogP contribution is -2.65. The van der Waals surface area contributed by atoms with Gasteiger partial charge in [0, 0.05) is 32.0 Å². The lowest BCUT2D eigenvalue weighted by Gasteiger charge is -2.41. The van der Waals surface area contributed by atoms with Gasteiger partial charge in [0.1, 0.15) is 0 Å². The van der Waals surface area contributed by atoms with Gasteiger partial charge >= 0.3 is 12.1 Å². The van der Waals surface area contributed by atoms with Crippen molar-refractivity contribution in [3.63, 3.8) is 0 Å². The van der Waals surface area contributed by atoms with Gasteiger partial charge in [0.25, 0.3) is 0 Å². The van der Waals surface area contributed by atoms with E-state index in [2.05, 4.69) is 15.3 Å². The lowest BCUT2D eigenvalue weighted by molar-refractivity contribution is -0.150. The highest BCUT2D eigenvalue weighted by Crippen LogP contribution is 2.35. The number of piperazine rings is 1. The van der Waals surface area contributed by atoms with Crippen molar-refractivity contribution < 1.29 is 31.5 Å². The van der Waals surface area contributed by atoms with Gasteiger partial charge in [-0.25, -0.2) is 23.2 Å². The number of nitrogens with one attached hydrogen (secondary N) is 1. The number of aliphatic carboxylic acids is 1. The van der Waals surface area contributed by atoms with Crippen LogP contribution in [0.1, 0.15) is 11.4 Å². The van der Waals surface area contributed by atoms with Crippen molar-refractivity contribution in [1.82, 2.24) is 19.6 Å². The summed E-state index contributed by atoms with van der Waals surface area (Å²) in [5.41, 5.74) is -3.15. The van der Waals surface area contributed by atoms with E-state index in [9.17, 15) is 31.5 Å². The van der Waals surface area contributed by atoms with Gasteiger partial charge in [-0.1, -0.05) is 0 Å². The predicted octanol–water partition coefficient (Wildman–Crippen LogP) is 1.07. The Morgan fingerprint density at radius 1 is 1.18 bits per heavy atom. The van der Waals surface area contributed by atoms with E-state index in [1.807, 2.05) is 0 Å². The number of hydrogen-bond donors (Lipinski definition) is 2. The van der Waals surface area contributed by atoms with Crippen LogP contribution in [0.5, 0.6) is 0 Å². The highest BCUT2D eigenvalue weighted by molar-refractivity contribution is 7.89. The summed E-state index contributed by atoms with van der Waals surface area (Å²) in [5.74, 6) is -1.74. The average Bonchev–Trinajstić information content (AvgIpc) is 2.68. The number of alkyl halides is 3. The van der Waals surface area contributed by atoms with Gasteiger partial charge < -0.3 is 10.4 Å². The molecule has 1 atom stereocenters. The Kier molecular flexibility index (Phi) is 5.12. The SMILES string of the molecule is O=C(O)C1(c2ncccn2)CNCCN1S(=O)(=O)c1ccc(C(F)(F)F)cc1. The standard InChI is InChI=1S/C16H15F3N4O4S/c17-16(18,19)11-2-4-12(5-3-11)28(26,27)23-9-8-20-10-15(23,14(24)25)13-21-6-1-7-22-13/h1-7,20H,8-10H2,(H,24,25). The molecular formula is C16H15F3N4O4S. The van der Waals surface area contributed by atoms with E-state index in [0.717, 1.165) is 16.4 Å². The topological polar surface area (TPSA) is 112 Å². The summed E-state index contributed by atoms with van der Waals surface area (Å²) in [6.45, 7) is -0.373. The van der Waals surface area contributed by atoms with Crippen molar-refractivity contribution in [2.45, 2.75) is 16.6 Å². The second-order valence-electron chi connectivity index (χ2n) is 6.01. The normalized spacial score (nSPS) is 21.4. The summed E-state index contributed by atoms with van der Waals surface area (Å²) in [6.07, 6.45) is -2.06. The molecule has 1 aliphatic heterocycles. The minimum atomic E-state index is -4.62. The summed E-state index contributed by atoms with van der Waals surface area (Å²) in [4.78, 5) is 19.5. The average molecular weight is 416 g/mol. The number of nitrogens with zero attached hydrogens (tertiary/aromatic N) is 3. The molecular weight excluding hydrogens is 401 g/mol.